The fourth-order valence-corrected chi connectivity index (χ4v) is 2.68. The maximum absolute atomic E-state index is 12.2. The van der Waals surface area contributed by atoms with Crippen LogP contribution in [0.15, 0.2) is 16.5 Å². The number of hydrogen-bond acceptors (Lipinski definition) is 7. The Balaban J connectivity index is 2.02. The predicted molar refractivity (Wildman–Crippen MR) is 89.4 cm³/mol. The molecule has 0 radical (unpaired) electrons. The molecular weight excluding hydrogens is 332 g/mol. The number of carbonyl (C=O) groups is 2. The van der Waals surface area contributed by atoms with Crippen molar-refractivity contribution >= 4 is 28.3 Å². The highest BCUT2D eigenvalue weighted by Gasteiger charge is 2.19. The Kier molecular flexibility index (Phi) is 6.10. The number of hydrogen-bond donors (Lipinski definition) is 1. The summed E-state index contributed by atoms with van der Waals surface area (Å²) in [5, 5.41) is 2.94. The molecule has 0 fully saturated rings. The zero-order valence-corrected chi connectivity index (χ0v) is 14.9. The topological polar surface area (TPSA) is 90.7 Å². The summed E-state index contributed by atoms with van der Waals surface area (Å²) in [4.78, 5) is 28.5. The van der Waals surface area contributed by atoms with Crippen LogP contribution in [0.5, 0.6) is 0 Å². The number of aryl methyl sites for hydroxylation is 1. The minimum Gasteiger partial charge on any atom is -0.462 e. The first-order valence-corrected chi connectivity index (χ1v) is 8.38. The normalized spacial score (nSPS) is 10.9. The van der Waals surface area contributed by atoms with Crippen molar-refractivity contribution in [2.45, 2.75) is 40.4 Å². The molecule has 1 N–H and O–H groups in total. The fraction of sp³-hybridized carbons (Fsp3) is 0.438. The van der Waals surface area contributed by atoms with Crippen LogP contribution in [-0.2, 0) is 16.1 Å². The van der Waals surface area contributed by atoms with Gasteiger partial charge in [0.25, 0.3) is 5.91 Å². The van der Waals surface area contributed by atoms with Gasteiger partial charge in [-0.1, -0.05) is 11.3 Å². The lowest BCUT2D eigenvalue weighted by Gasteiger charge is -2.04. The number of nitrogens with one attached hydrogen (secondary N) is 1. The van der Waals surface area contributed by atoms with Crippen molar-refractivity contribution in [2.24, 2.45) is 0 Å². The maximum Gasteiger partial charge on any atom is 0.350 e. The molecule has 1 amide bonds. The SMILES string of the molecule is CCOC(=O)c1sc(NC(=O)c2ccc(COC(C)C)o2)nc1C. The highest BCUT2D eigenvalue weighted by molar-refractivity contribution is 7.17. The van der Waals surface area contributed by atoms with Crippen molar-refractivity contribution in [1.82, 2.24) is 4.98 Å². The molecule has 2 aromatic rings. The number of nitrogens with zero attached hydrogens (tertiary/aromatic N) is 1. The number of esters is 1. The van der Waals surface area contributed by atoms with Crippen molar-refractivity contribution in [3.05, 3.63) is 34.2 Å². The molecule has 0 bridgehead atoms. The van der Waals surface area contributed by atoms with E-state index in [-0.39, 0.29) is 18.5 Å². The van der Waals surface area contributed by atoms with Gasteiger partial charge in [-0.25, -0.2) is 9.78 Å². The first-order chi connectivity index (χ1) is 11.4. The molecule has 0 aliphatic heterocycles. The molecule has 0 unspecified atom stereocenters. The second-order valence-corrected chi connectivity index (χ2v) is 6.23. The lowest BCUT2D eigenvalue weighted by atomic mass is 10.4. The van der Waals surface area contributed by atoms with Crippen LogP contribution in [0.4, 0.5) is 5.13 Å². The van der Waals surface area contributed by atoms with Gasteiger partial charge in [0, 0.05) is 0 Å². The molecular formula is C16H20N2O5S. The summed E-state index contributed by atoms with van der Waals surface area (Å²) in [6.45, 7) is 7.84. The molecule has 8 heteroatoms. The van der Waals surface area contributed by atoms with Gasteiger partial charge >= 0.3 is 5.97 Å². The lowest BCUT2D eigenvalue weighted by Crippen LogP contribution is -2.10. The van der Waals surface area contributed by atoms with Crippen LogP contribution in [0.2, 0.25) is 0 Å². The van der Waals surface area contributed by atoms with E-state index in [4.69, 9.17) is 13.9 Å². The second kappa shape index (κ2) is 8.07. The van der Waals surface area contributed by atoms with Crippen molar-refractivity contribution < 1.29 is 23.5 Å². The van der Waals surface area contributed by atoms with Crippen LogP contribution in [-0.4, -0.2) is 29.6 Å². The van der Waals surface area contributed by atoms with Crippen LogP contribution in [0.25, 0.3) is 0 Å². The van der Waals surface area contributed by atoms with E-state index in [0.29, 0.717) is 28.1 Å². The van der Waals surface area contributed by atoms with Gasteiger partial charge in [0.1, 0.15) is 17.2 Å². The van der Waals surface area contributed by atoms with Crippen molar-refractivity contribution in [3.63, 3.8) is 0 Å². The molecule has 0 atom stereocenters. The van der Waals surface area contributed by atoms with Gasteiger partial charge in [-0.15, -0.1) is 0 Å². The van der Waals surface area contributed by atoms with Crippen LogP contribution >= 0.6 is 11.3 Å². The van der Waals surface area contributed by atoms with Crippen molar-refractivity contribution in [1.29, 1.82) is 0 Å². The first kappa shape index (κ1) is 18.2. The first-order valence-electron chi connectivity index (χ1n) is 7.57. The summed E-state index contributed by atoms with van der Waals surface area (Å²) in [5.41, 5.74) is 0.513. The Morgan fingerprint density at radius 3 is 2.79 bits per heavy atom. The quantitative estimate of drug-likeness (QED) is 0.768. The lowest BCUT2D eigenvalue weighted by molar-refractivity contribution is 0.0529. The zero-order valence-electron chi connectivity index (χ0n) is 14.0. The number of thiazole rings is 1. The molecule has 2 rings (SSSR count). The summed E-state index contributed by atoms with van der Waals surface area (Å²) >= 11 is 1.07. The van der Waals surface area contributed by atoms with Gasteiger partial charge in [0.2, 0.25) is 0 Å². The van der Waals surface area contributed by atoms with Gasteiger partial charge in [-0.05, 0) is 39.8 Å². The number of carbonyl (C=O) groups excluding carboxylic acids is 2. The monoisotopic (exact) mass is 352 g/mol. The van der Waals surface area contributed by atoms with Crippen LogP contribution < -0.4 is 5.32 Å². The molecule has 7 nitrogen and oxygen atoms in total. The fourth-order valence-electron chi connectivity index (χ4n) is 1.82. The average molecular weight is 352 g/mol. The molecule has 0 saturated carbocycles. The smallest absolute Gasteiger partial charge is 0.350 e. The third kappa shape index (κ3) is 4.65. The molecule has 2 heterocycles. The summed E-state index contributed by atoms with van der Waals surface area (Å²) in [5.74, 6) is -0.159. The van der Waals surface area contributed by atoms with Crippen LogP contribution in [0.3, 0.4) is 0 Å². The molecule has 0 saturated heterocycles. The molecule has 24 heavy (non-hydrogen) atoms. The third-order valence-corrected chi connectivity index (χ3v) is 3.98. The minimum absolute atomic E-state index is 0.0759. The van der Waals surface area contributed by atoms with E-state index in [2.05, 4.69) is 10.3 Å². The zero-order chi connectivity index (χ0) is 17.7. The summed E-state index contributed by atoms with van der Waals surface area (Å²) in [6.07, 6.45) is 0.0759. The van der Waals surface area contributed by atoms with E-state index in [1.807, 2.05) is 13.8 Å². The number of ether oxygens (including phenoxy) is 2. The van der Waals surface area contributed by atoms with E-state index in [0.717, 1.165) is 11.3 Å². The van der Waals surface area contributed by atoms with E-state index in [1.54, 1.807) is 26.0 Å². The Hall–Kier alpha value is -2.19. The third-order valence-electron chi connectivity index (χ3n) is 2.92. The number of aromatic nitrogens is 1. The maximum atomic E-state index is 12.2. The van der Waals surface area contributed by atoms with Gasteiger partial charge in [-0.3, -0.25) is 10.1 Å². The van der Waals surface area contributed by atoms with Crippen LogP contribution in [0, 0.1) is 6.92 Å². The molecule has 2 aromatic heterocycles. The number of furan rings is 1. The van der Waals surface area contributed by atoms with E-state index in [1.165, 1.54) is 0 Å². The molecule has 0 aliphatic rings. The number of rotatable bonds is 7. The van der Waals surface area contributed by atoms with E-state index >= 15 is 0 Å². The molecule has 0 aromatic carbocycles. The standard InChI is InChI=1S/C16H20N2O5S/c1-5-21-15(20)13-10(4)17-16(24-13)18-14(19)12-7-6-11(23-12)8-22-9(2)3/h6-7,9H,5,8H2,1-4H3,(H,17,18,19). The van der Waals surface area contributed by atoms with Crippen molar-refractivity contribution in [3.8, 4) is 0 Å². The number of anilines is 1. The van der Waals surface area contributed by atoms with E-state index in [9.17, 15) is 9.59 Å². The molecule has 130 valence electrons. The van der Waals surface area contributed by atoms with Crippen LogP contribution in [0.1, 0.15) is 52.5 Å². The summed E-state index contributed by atoms with van der Waals surface area (Å²) in [6, 6.07) is 3.26. The summed E-state index contributed by atoms with van der Waals surface area (Å²) < 4.78 is 15.8. The Morgan fingerprint density at radius 1 is 1.38 bits per heavy atom. The van der Waals surface area contributed by atoms with Gasteiger partial charge in [0.15, 0.2) is 10.9 Å². The van der Waals surface area contributed by atoms with Crippen molar-refractivity contribution in [2.75, 3.05) is 11.9 Å². The Labute approximate surface area is 144 Å². The Bertz CT molecular complexity index is 720. The Morgan fingerprint density at radius 2 is 2.12 bits per heavy atom. The molecule has 0 spiro atoms. The second-order valence-electron chi connectivity index (χ2n) is 5.23. The summed E-state index contributed by atoms with van der Waals surface area (Å²) in [7, 11) is 0. The minimum atomic E-state index is -0.445. The van der Waals surface area contributed by atoms with Gasteiger partial charge < -0.3 is 13.9 Å². The average Bonchev–Trinajstić information content (AvgIpc) is 3.12. The predicted octanol–water partition coefficient (Wildman–Crippen LogP) is 3.40. The highest BCUT2D eigenvalue weighted by Crippen LogP contribution is 2.24. The largest absolute Gasteiger partial charge is 0.462 e. The number of amides is 1. The van der Waals surface area contributed by atoms with Gasteiger partial charge in [-0.2, -0.15) is 0 Å². The highest BCUT2D eigenvalue weighted by atomic mass is 32.1. The van der Waals surface area contributed by atoms with E-state index < -0.39 is 11.9 Å². The molecule has 0 aliphatic carbocycles. The van der Waals surface area contributed by atoms with Gasteiger partial charge in [0.05, 0.1) is 18.4 Å².